The molecule has 2 aromatic carbocycles. The molecular formula is C23H24N2O6. The van der Waals surface area contributed by atoms with Gasteiger partial charge in [0, 0.05) is 31.4 Å². The van der Waals surface area contributed by atoms with Crippen molar-refractivity contribution in [2.75, 3.05) is 20.3 Å². The summed E-state index contributed by atoms with van der Waals surface area (Å²) in [5.41, 5.74) is 1.53. The number of ketones is 1. The SMILES string of the molecule is COCCN1C(=O)C(=O)/C(=C(\O)c2cccc([N+](=O)[O-])c2)C1c1ccc(C(C)C)cc1. The quantitative estimate of drug-likeness (QED) is 0.238. The Morgan fingerprint density at radius 3 is 2.45 bits per heavy atom. The molecule has 8 nitrogen and oxygen atoms in total. The molecule has 1 heterocycles. The number of ether oxygens (including phenoxy) is 1. The smallest absolute Gasteiger partial charge is 0.295 e. The van der Waals surface area contributed by atoms with Crippen LogP contribution in [-0.4, -0.2) is 46.9 Å². The van der Waals surface area contributed by atoms with Gasteiger partial charge in [0.2, 0.25) is 0 Å². The van der Waals surface area contributed by atoms with Crippen LogP contribution in [0.1, 0.15) is 42.5 Å². The highest BCUT2D eigenvalue weighted by Crippen LogP contribution is 2.39. The fourth-order valence-electron chi connectivity index (χ4n) is 3.63. The molecule has 2 aromatic rings. The second kappa shape index (κ2) is 9.09. The molecule has 1 aliphatic heterocycles. The summed E-state index contributed by atoms with van der Waals surface area (Å²) in [6.45, 7) is 4.48. The molecule has 0 aromatic heterocycles. The van der Waals surface area contributed by atoms with Gasteiger partial charge in [0.25, 0.3) is 17.4 Å². The van der Waals surface area contributed by atoms with Crippen LogP contribution in [0.15, 0.2) is 54.1 Å². The number of non-ortho nitro benzene ring substituents is 1. The fraction of sp³-hybridized carbons (Fsp3) is 0.304. The molecule has 0 aliphatic carbocycles. The van der Waals surface area contributed by atoms with Crippen molar-refractivity contribution in [2.24, 2.45) is 0 Å². The monoisotopic (exact) mass is 424 g/mol. The summed E-state index contributed by atoms with van der Waals surface area (Å²) in [4.78, 5) is 37.5. The molecule has 1 aliphatic rings. The van der Waals surface area contributed by atoms with Crippen molar-refractivity contribution < 1.29 is 24.4 Å². The minimum absolute atomic E-state index is 0.0982. The highest BCUT2D eigenvalue weighted by Gasteiger charge is 2.45. The van der Waals surface area contributed by atoms with Gasteiger partial charge in [-0.1, -0.05) is 50.2 Å². The standard InChI is InChI=1S/C23H24N2O6/c1-14(2)15-7-9-16(10-8-15)20-19(22(27)23(28)24(20)11-12-31-3)21(26)17-5-4-6-18(13-17)25(29)30/h4-10,13-14,20,26H,11-12H2,1-3H3/b21-19-. The first-order valence-corrected chi connectivity index (χ1v) is 9.88. The molecule has 3 rings (SSSR count). The van der Waals surface area contributed by atoms with Crippen LogP contribution in [0, 0.1) is 10.1 Å². The van der Waals surface area contributed by atoms with Crippen molar-refractivity contribution in [3.63, 3.8) is 0 Å². The van der Waals surface area contributed by atoms with Crippen molar-refractivity contribution in [1.29, 1.82) is 0 Å². The number of hydrogen-bond donors (Lipinski definition) is 1. The number of benzene rings is 2. The van der Waals surface area contributed by atoms with E-state index in [0.29, 0.717) is 11.5 Å². The van der Waals surface area contributed by atoms with Crippen LogP contribution in [0.2, 0.25) is 0 Å². The number of carbonyl (C=O) groups excluding carboxylic acids is 2. The number of hydrogen-bond acceptors (Lipinski definition) is 6. The number of methoxy groups -OCH3 is 1. The summed E-state index contributed by atoms with van der Waals surface area (Å²) in [5, 5.41) is 22.1. The van der Waals surface area contributed by atoms with Crippen molar-refractivity contribution in [1.82, 2.24) is 4.90 Å². The maximum absolute atomic E-state index is 12.9. The van der Waals surface area contributed by atoms with E-state index in [4.69, 9.17) is 4.74 Å². The molecule has 1 unspecified atom stereocenters. The molecule has 0 radical (unpaired) electrons. The second-order valence-corrected chi connectivity index (χ2v) is 7.61. The maximum Gasteiger partial charge on any atom is 0.295 e. The first-order valence-electron chi connectivity index (χ1n) is 9.88. The predicted molar refractivity (Wildman–Crippen MR) is 115 cm³/mol. The molecule has 0 bridgehead atoms. The van der Waals surface area contributed by atoms with Crippen molar-refractivity contribution in [2.45, 2.75) is 25.8 Å². The molecular weight excluding hydrogens is 400 g/mol. The number of amides is 1. The predicted octanol–water partition coefficient (Wildman–Crippen LogP) is 3.79. The Morgan fingerprint density at radius 2 is 1.87 bits per heavy atom. The fourth-order valence-corrected chi connectivity index (χ4v) is 3.63. The van der Waals surface area contributed by atoms with E-state index in [-0.39, 0.29) is 30.0 Å². The molecule has 0 saturated carbocycles. The third kappa shape index (κ3) is 4.34. The highest BCUT2D eigenvalue weighted by molar-refractivity contribution is 6.46. The first kappa shape index (κ1) is 22.2. The Balaban J connectivity index is 2.16. The van der Waals surface area contributed by atoms with E-state index >= 15 is 0 Å². The Hall–Kier alpha value is -3.52. The minimum atomic E-state index is -0.835. The molecule has 1 atom stereocenters. The van der Waals surface area contributed by atoms with Gasteiger partial charge in [-0.3, -0.25) is 19.7 Å². The van der Waals surface area contributed by atoms with E-state index in [1.807, 2.05) is 24.3 Å². The van der Waals surface area contributed by atoms with E-state index in [1.54, 1.807) is 0 Å². The number of aliphatic hydroxyl groups is 1. The normalized spacial score (nSPS) is 18.1. The lowest BCUT2D eigenvalue weighted by molar-refractivity contribution is -0.384. The Labute approximate surface area is 179 Å². The summed E-state index contributed by atoms with van der Waals surface area (Å²) < 4.78 is 5.09. The van der Waals surface area contributed by atoms with E-state index in [1.165, 1.54) is 36.3 Å². The molecule has 1 saturated heterocycles. The Bertz CT molecular complexity index is 1040. The highest BCUT2D eigenvalue weighted by atomic mass is 16.6. The summed E-state index contributed by atoms with van der Waals surface area (Å²) in [7, 11) is 1.49. The van der Waals surface area contributed by atoms with Crippen LogP contribution in [0.4, 0.5) is 5.69 Å². The third-order valence-corrected chi connectivity index (χ3v) is 5.33. The molecule has 1 N–H and O–H groups in total. The van der Waals surface area contributed by atoms with Crippen LogP contribution < -0.4 is 0 Å². The van der Waals surface area contributed by atoms with E-state index in [0.717, 1.165) is 5.56 Å². The topological polar surface area (TPSA) is 110 Å². The van der Waals surface area contributed by atoms with Gasteiger partial charge in [0.1, 0.15) is 5.76 Å². The number of Topliss-reactive ketones (excluding diaryl/α,β-unsaturated/α-hetero) is 1. The van der Waals surface area contributed by atoms with Crippen LogP contribution in [-0.2, 0) is 14.3 Å². The molecule has 162 valence electrons. The van der Waals surface area contributed by atoms with Crippen LogP contribution >= 0.6 is 0 Å². The minimum Gasteiger partial charge on any atom is -0.507 e. The number of nitro benzene ring substituents is 1. The van der Waals surface area contributed by atoms with Crippen LogP contribution in [0.3, 0.4) is 0 Å². The van der Waals surface area contributed by atoms with Crippen molar-refractivity contribution >= 4 is 23.1 Å². The lowest BCUT2D eigenvalue weighted by atomic mass is 9.93. The van der Waals surface area contributed by atoms with Gasteiger partial charge in [-0.05, 0) is 17.0 Å². The van der Waals surface area contributed by atoms with Crippen molar-refractivity contribution in [3.8, 4) is 0 Å². The Morgan fingerprint density at radius 1 is 1.19 bits per heavy atom. The number of nitrogens with zero attached hydrogens (tertiary/aromatic N) is 2. The number of aliphatic hydroxyl groups excluding tert-OH is 1. The summed E-state index contributed by atoms with van der Waals surface area (Å²) >= 11 is 0. The van der Waals surface area contributed by atoms with E-state index in [2.05, 4.69) is 13.8 Å². The third-order valence-electron chi connectivity index (χ3n) is 5.33. The summed E-state index contributed by atoms with van der Waals surface area (Å²) in [6.07, 6.45) is 0. The van der Waals surface area contributed by atoms with Crippen LogP contribution in [0.25, 0.3) is 5.76 Å². The first-order chi connectivity index (χ1) is 14.8. The number of carbonyl (C=O) groups is 2. The zero-order chi connectivity index (χ0) is 22.7. The van der Waals surface area contributed by atoms with Crippen molar-refractivity contribution in [3.05, 3.63) is 80.9 Å². The summed E-state index contributed by atoms with van der Waals surface area (Å²) in [6, 6.07) is 12.0. The molecule has 1 amide bonds. The maximum atomic E-state index is 12.9. The zero-order valence-corrected chi connectivity index (χ0v) is 17.6. The van der Waals surface area contributed by atoms with Gasteiger partial charge in [-0.15, -0.1) is 0 Å². The van der Waals surface area contributed by atoms with Gasteiger partial charge >= 0.3 is 0 Å². The van der Waals surface area contributed by atoms with Gasteiger partial charge in [-0.2, -0.15) is 0 Å². The summed E-state index contributed by atoms with van der Waals surface area (Å²) in [5.74, 6) is -1.72. The van der Waals surface area contributed by atoms with Gasteiger partial charge in [0.05, 0.1) is 23.1 Å². The molecule has 0 spiro atoms. The largest absolute Gasteiger partial charge is 0.507 e. The molecule has 31 heavy (non-hydrogen) atoms. The number of nitro groups is 1. The average Bonchev–Trinajstić information content (AvgIpc) is 3.02. The van der Waals surface area contributed by atoms with E-state index < -0.39 is 28.4 Å². The van der Waals surface area contributed by atoms with Crippen LogP contribution in [0.5, 0.6) is 0 Å². The number of likely N-dealkylation sites (tertiary alicyclic amines) is 1. The molecule has 1 fully saturated rings. The number of rotatable bonds is 7. The zero-order valence-electron chi connectivity index (χ0n) is 17.6. The van der Waals surface area contributed by atoms with Gasteiger partial charge < -0.3 is 14.7 Å². The van der Waals surface area contributed by atoms with Gasteiger partial charge in [0.15, 0.2) is 0 Å². The average molecular weight is 424 g/mol. The lowest BCUT2D eigenvalue weighted by Crippen LogP contribution is -2.32. The van der Waals surface area contributed by atoms with Gasteiger partial charge in [-0.25, -0.2) is 0 Å². The Kier molecular flexibility index (Phi) is 6.50. The lowest BCUT2D eigenvalue weighted by Gasteiger charge is -2.25. The molecule has 8 heteroatoms. The van der Waals surface area contributed by atoms with E-state index in [9.17, 15) is 24.8 Å². The second-order valence-electron chi connectivity index (χ2n) is 7.61.